The van der Waals surface area contributed by atoms with Crippen molar-refractivity contribution in [3.05, 3.63) is 35.9 Å². The molecule has 0 radical (unpaired) electrons. The number of urea groups is 1. The van der Waals surface area contributed by atoms with Gasteiger partial charge < -0.3 is 5.32 Å². The zero-order valence-corrected chi connectivity index (χ0v) is 17.4. The van der Waals surface area contributed by atoms with Gasteiger partial charge in [-0.05, 0) is 43.6 Å². The molecule has 0 aliphatic heterocycles. The van der Waals surface area contributed by atoms with E-state index in [9.17, 15) is 9.59 Å². The van der Waals surface area contributed by atoms with Crippen LogP contribution in [0.1, 0.15) is 95.5 Å². The third-order valence-electron chi connectivity index (χ3n) is 6.52. The van der Waals surface area contributed by atoms with Crippen molar-refractivity contribution in [3.8, 4) is 0 Å². The topological polar surface area (TPSA) is 49.4 Å². The van der Waals surface area contributed by atoms with Crippen LogP contribution in [0.4, 0.5) is 4.79 Å². The first-order chi connectivity index (χ1) is 13.6. The van der Waals surface area contributed by atoms with Crippen LogP contribution in [0.25, 0.3) is 0 Å². The molecule has 4 nitrogen and oxygen atoms in total. The van der Waals surface area contributed by atoms with Crippen molar-refractivity contribution in [1.82, 2.24) is 10.2 Å². The Hall–Kier alpha value is -1.84. The quantitative estimate of drug-likeness (QED) is 0.676. The van der Waals surface area contributed by atoms with E-state index in [0.29, 0.717) is 12.3 Å². The van der Waals surface area contributed by atoms with Crippen LogP contribution in [-0.2, 0) is 4.79 Å². The number of hydrogen-bond donors (Lipinski definition) is 1. The minimum Gasteiger partial charge on any atom is -0.335 e. The van der Waals surface area contributed by atoms with Crippen LogP contribution < -0.4 is 5.32 Å². The molecule has 2 saturated carbocycles. The van der Waals surface area contributed by atoms with E-state index < -0.39 is 0 Å². The highest BCUT2D eigenvalue weighted by molar-refractivity contribution is 5.95. The number of benzene rings is 1. The van der Waals surface area contributed by atoms with Gasteiger partial charge in [-0.2, -0.15) is 0 Å². The molecule has 0 bridgehead atoms. The number of imide groups is 1. The molecule has 0 spiro atoms. The van der Waals surface area contributed by atoms with Crippen molar-refractivity contribution in [1.29, 1.82) is 0 Å². The van der Waals surface area contributed by atoms with E-state index in [1.807, 2.05) is 18.2 Å². The van der Waals surface area contributed by atoms with Gasteiger partial charge in [0, 0.05) is 18.5 Å². The van der Waals surface area contributed by atoms with Gasteiger partial charge in [0.2, 0.25) is 5.91 Å². The van der Waals surface area contributed by atoms with Gasteiger partial charge in [-0.25, -0.2) is 4.79 Å². The number of carbonyl (C=O) groups excluding carboxylic acids is 2. The molecule has 3 rings (SSSR count). The molecule has 2 fully saturated rings. The minimum atomic E-state index is -0.142. The van der Waals surface area contributed by atoms with Crippen LogP contribution >= 0.6 is 0 Å². The van der Waals surface area contributed by atoms with Crippen LogP contribution in [0.3, 0.4) is 0 Å². The number of nitrogens with one attached hydrogen (secondary N) is 1. The van der Waals surface area contributed by atoms with E-state index in [1.54, 1.807) is 4.90 Å². The molecule has 0 heterocycles. The number of hydrogen-bond acceptors (Lipinski definition) is 2. The zero-order valence-electron chi connectivity index (χ0n) is 17.4. The molecule has 2 aliphatic carbocycles. The monoisotopic (exact) mass is 384 g/mol. The Labute approximate surface area is 170 Å². The fourth-order valence-electron chi connectivity index (χ4n) is 4.72. The first-order valence-electron chi connectivity index (χ1n) is 11.3. The summed E-state index contributed by atoms with van der Waals surface area (Å²) in [6.07, 6.45) is 12.3. The number of amides is 3. The van der Waals surface area contributed by atoms with Crippen LogP contribution in [0.2, 0.25) is 0 Å². The fraction of sp³-hybridized carbons (Fsp3) is 0.667. The summed E-state index contributed by atoms with van der Waals surface area (Å²) in [6.45, 7) is 2.16. The van der Waals surface area contributed by atoms with Crippen molar-refractivity contribution in [2.24, 2.45) is 0 Å². The van der Waals surface area contributed by atoms with Crippen LogP contribution in [0, 0.1) is 0 Å². The smallest absolute Gasteiger partial charge is 0.324 e. The summed E-state index contributed by atoms with van der Waals surface area (Å²) < 4.78 is 0. The lowest BCUT2D eigenvalue weighted by atomic mass is 9.92. The van der Waals surface area contributed by atoms with Gasteiger partial charge in [0.1, 0.15) is 0 Å². The molecular formula is C24H36N2O2. The maximum Gasteiger partial charge on any atom is 0.324 e. The van der Waals surface area contributed by atoms with E-state index in [0.717, 1.165) is 44.9 Å². The normalized spacial score (nSPS) is 19.8. The molecular weight excluding hydrogens is 348 g/mol. The summed E-state index contributed by atoms with van der Waals surface area (Å²) in [5.41, 5.74) is 1.26. The molecule has 1 aromatic rings. The van der Waals surface area contributed by atoms with Crippen molar-refractivity contribution < 1.29 is 9.59 Å². The summed E-state index contributed by atoms with van der Waals surface area (Å²) in [6, 6.07) is 10.5. The van der Waals surface area contributed by atoms with Crippen molar-refractivity contribution in [2.45, 2.75) is 102 Å². The van der Waals surface area contributed by atoms with Crippen LogP contribution in [0.15, 0.2) is 30.3 Å². The molecule has 154 valence electrons. The van der Waals surface area contributed by atoms with E-state index in [-0.39, 0.29) is 24.0 Å². The van der Waals surface area contributed by atoms with E-state index in [4.69, 9.17) is 0 Å². The standard InChI is InChI=1S/C24H36N2O2/c1-19(20-11-5-2-6-12-20)17-18-23(27)26(22-15-9-4-10-16-22)24(28)25-21-13-7-3-8-14-21/h2,5-6,11-12,19,21-22H,3-4,7-10,13-18H2,1H3,(H,25,28)/t19-/m1/s1. The molecule has 0 aromatic heterocycles. The Morgan fingerprint density at radius 3 is 2.21 bits per heavy atom. The highest BCUT2D eigenvalue weighted by Crippen LogP contribution is 2.26. The van der Waals surface area contributed by atoms with Gasteiger partial charge >= 0.3 is 6.03 Å². The second kappa shape index (κ2) is 10.6. The molecule has 0 saturated heterocycles. The lowest BCUT2D eigenvalue weighted by Gasteiger charge is -2.35. The van der Waals surface area contributed by atoms with E-state index in [1.165, 1.54) is 31.2 Å². The molecule has 0 unspecified atom stereocenters. The molecule has 1 atom stereocenters. The second-order valence-electron chi connectivity index (χ2n) is 8.69. The summed E-state index contributed by atoms with van der Waals surface area (Å²) in [4.78, 5) is 27.8. The first kappa shape index (κ1) is 20.9. The largest absolute Gasteiger partial charge is 0.335 e. The minimum absolute atomic E-state index is 0.00277. The van der Waals surface area contributed by atoms with Gasteiger partial charge in [0.25, 0.3) is 0 Å². The lowest BCUT2D eigenvalue weighted by molar-refractivity contribution is -0.130. The zero-order chi connectivity index (χ0) is 19.8. The molecule has 2 aliphatic rings. The molecule has 1 N–H and O–H groups in total. The van der Waals surface area contributed by atoms with Gasteiger partial charge in [0.15, 0.2) is 0 Å². The summed E-state index contributed by atoms with van der Waals surface area (Å²) in [7, 11) is 0. The third kappa shape index (κ3) is 5.83. The molecule has 3 amide bonds. The number of carbonyl (C=O) groups is 2. The summed E-state index contributed by atoms with van der Waals surface area (Å²) in [5.74, 6) is 0.322. The average molecular weight is 385 g/mol. The summed E-state index contributed by atoms with van der Waals surface area (Å²) >= 11 is 0. The van der Waals surface area contributed by atoms with E-state index in [2.05, 4.69) is 24.4 Å². The van der Waals surface area contributed by atoms with Gasteiger partial charge in [-0.1, -0.05) is 75.8 Å². The van der Waals surface area contributed by atoms with Crippen LogP contribution in [-0.4, -0.2) is 28.9 Å². The average Bonchev–Trinajstić information content (AvgIpc) is 2.74. The van der Waals surface area contributed by atoms with Crippen LogP contribution in [0.5, 0.6) is 0 Å². The Morgan fingerprint density at radius 1 is 0.964 bits per heavy atom. The third-order valence-corrected chi connectivity index (χ3v) is 6.52. The number of nitrogens with zero attached hydrogens (tertiary/aromatic N) is 1. The van der Waals surface area contributed by atoms with Gasteiger partial charge in [0.05, 0.1) is 0 Å². The Balaban J connectivity index is 1.61. The Morgan fingerprint density at radius 2 is 1.57 bits per heavy atom. The molecule has 4 heteroatoms. The van der Waals surface area contributed by atoms with E-state index >= 15 is 0 Å². The number of rotatable bonds is 6. The van der Waals surface area contributed by atoms with Gasteiger partial charge in [-0.3, -0.25) is 9.69 Å². The molecule has 1 aromatic carbocycles. The Bertz CT molecular complexity index is 619. The predicted molar refractivity (Wildman–Crippen MR) is 113 cm³/mol. The van der Waals surface area contributed by atoms with Crippen molar-refractivity contribution >= 4 is 11.9 Å². The lowest BCUT2D eigenvalue weighted by Crippen LogP contribution is -2.52. The van der Waals surface area contributed by atoms with Crippen molar-refractivity contribution in [3.63, 3.8) is 0 Å². The summed E-state index contributed by atoms with van der Waals surface area (Å²) in [5, 5.41) is 3.18. The maximum atomic E-state index is 13.1. The fourth-order valence-corrected chi connectivity index (χ4v) is 4.72. The Kier molecular flexibility index (Phi) is 7.93. The highest BCUT2D eigenvalue weighted by atomic mass is 16.2. The molecule has 28 heavy (non-hydrogen) atoms. The van der Waals surface area contributed by atoms with Gasteiger partial charge in [-0.15, -0.1) is 0 Å². The SMILES string of the molecule is C[C@H](CCC(=O)N(C(=O)NC1CCCCC1)C1CCCCC1)c1ccccc1. The van der Waals surface area contributed by atoms with Crippen molar-refractivity contribution in [2.75, 3.05) is 0 Å². The second-order valence-corrected chi connectivity index (χ2v) is 8.69. The maximum absolute atomic E-state index is 13.1. The first-order valence-corrected chi connectivity index (χ1v) is 11.3. The highest BCUT2D eigenvalue weighted by Gasteiger charge is 2.32. The predicted octanol–water partition coefficient (Wildman–Crippen LogP) is 5.77.